The standard InChI is InChI=1S/C21H20N4S/c1-12-5-7-16(9-14(12)3)18-11-19(21-22-24-25-23-21)26-20(18)17-8-6-13(2)15(4)10-17/h5-11H,1-4H3,(H,22,23,24,25). The van der Waals surface area contributed by atoms with Crippen molar-refractivity contribution in [3.8, 4) is 32.3 Å². The molecule has 1 N–H and O–H groups in total. The number of benzene rings is 2. The zero-order valence-electron chi connectivity index (χ0n) is 15.3. The summed E-state index contributed by atoms with van der Waals surface area (Å²) in [5.41, 5.74) is 8.84. The maximum Gasteiger partial charge on any atom is 0.214 e. The number of rotatable bonds is 3. The van der Waals surface area contributed by atoms with Crippen molar-refractivity contribution < 1.29 is 0 Å². The van der Waals surface area contributed by atoms with Crippen molar-refractivity contribution in [1.29, 1.82) is 0 Å². The Balaban J connectivity index is 1.93. The Morgan fingerprint density at radius 2 is 1.42 bits per heavy atom. The van der Waals surface area contributed by atoms with E-state index in [9.17, 15) is 0 Å². The molecular formula is C21H20N4S. The molecule has 2 aromatic carbocycles. The average molecular weight is 360 g/mol. The Hall–Kier alpha value is -2.79. The maximum atomic E-state index is 4.15. The van der Waals surface area contributed by atoms with Gasteiger partial charge in [0.2, 0.25) is 5.82 Å². The minimum absolute atomic E-state index is 0.634. The Bertz CT molecular complexity index is 1010. The van der Waals surface area contributed by atoms with E-state index in [0.29, 0.717) is 5.82 Å². The molecule has 0 atom stereocenters. The van der Waals surface area contributed by atoms with Crippen molar-refractivity contribution in [3.63, 3.8) is 0 Å². The average Bonchev–Trinajstić information content (AvgIpc) is 3.29. The van der Waals surface area contributed by atoms with Crippen molar-refractivity contribution in [2.24, 2.45) is 0 Å². The van der Waals surface area contributed by atoms with Crippen LogP contribution in [0.5, 0.6) is 0 Å². The molecule has 0 amide bonds. The minimum Gasteiger partial charge on any atom is -0.177 e. The number of thiophene rings is 1. The second-order valence-electron chi connectivity index (χ2n) is 6.69. The lowest BCUT2D eigenvalue weighted by Crippen LogP contribution is -1.86. The summed E-state index contributed by atoms with van der Waals surface area (Å²) in [5, 5.41) is 14.6. The lowest BCUT2D eigenvalue weighted by Gasteiger charge is -2.09. The summed E-state index contributed by atoms with van der Waals surface area (Å²) < 4.78 is 0. The first kappa shape index (κ1) is 16.7. The monoisotopic (exact) mass is 360 g/mol. The highest BCUT2D eigenvalue weighted by Gasteiger charge is 2.17. The van der Waals surface area contributed by atoms with Crippen LogP contribution in [-0.2, 0) is 0 Å². The number of hydrogen-bond acceptors (Lipinski definition) is 4. The molecule has 2 heterocycles. The molecule has 0 spiro atoms. The minimum atomic E-state index is 0.634. The number of aromatic nitrogens is 4. The van der Waals surface area contributed by atoms with Crippen molar-refractivity contribution in [1.82, 2.24) is 20.6 Å². The summed E-state index contributed by atoms with van der Waals surface area (Å²) >= 11 is 1.70. The number of nitrogens with zero attached hydrogens (tertiary/aromatic N) is 3. The zero-order valence-corrected chi connectivity index (χ0v) is 16.1. The molecule has 0 fully saturated rings. The number of nitrogens with one attached hydrogen (secondary N) is 1. The lowest BCUT2D eigenvalue weighted by atomic mass is 9.97. The summed E-state index contributed by atoms with van der Waals surface area (Å²) in [4.78, 5) is 2.25. The molecule has 4 rings (SSSR count). The summed E-state index contributed by atoms with van der Waals surface area (Å²) in [6.45, 7) is 8.59. The van der Waals surface area contributed by atoms with Crippen molar-refractivity contribution in [2.45, 2.75) is 27.7 Å². The van der Waals surface area contributed by atoms with E-state index >= 15 is 0 Å². The highest BCUT2D eigenvalue weighted by atomic mass is 32.1. The summed E-state index contributed by atoms with van der Waals surface area (Å²) in [6, 6.07) is 15.4. The van der Waals surface area contributed by atoms with Crippen molar-refractivity contribution in [3.05, 3.63) is 64.7 Å². The van der Waals surface area contributed by atoms with Gasteiger partial charge in [-0.3, -0.25) is 0 Å². The fraction of sp³-hybridized carbons (Fsp3) is 0.190. The van der Waals surface area contributed by atoms with Gasteiger partial charge in [-0.1, -0.05) is 36.4 Å². The first-order valence-electron chi connectivity index (χ1n) is 8.56. The van der Waals surface area contributed by atoms with E-state index in [4.69, 9.17) is 0 Å². The first-order chi connectivity index (χ1) is 12.5. The van der Waals surface area contributed by atoms with Gasteiger partial charge in [-0.15, -0.1) is 21.5 Å². The summed E-state index contributed by atoms with van der Waals surface area (Å²) in [7, 11) is 0. The zero-order chi connectivity index (χ0) is 18.3. The largest absolute Gasteiger partial charge is 0.214 e. The van der Waals surface area contributed by atoms with Gasteiger partial charge in [0.1, 0.15) is 0 Å². The molecule has 0 aliphatic rings. The number of H-pyrrole nitrogens is 1. The van der Waals surface area contributed by atoms with Crippen molar-refractivity contribution in [2.75, 3.05) is 0 Å². The number of tetrazole rings is 1. The number of hydrogen-bond donors (Lipinski definition) is 1. The molecule has 130 valence electrons. The normalized spacial score (nSPS) is 11.1. The van der Waals surface area contributed by atoms with Crippen LogP contribution < -0.4 is 0 Å². The molecule has 4 nitrogen and oxygen atoms in total. The maximum absolute atomic E-state index is 4.15. The topological polar surface area (TPSA) is 54.5 Å². The van der Waals surface area contributed by atoms with E-state index in [1.54, 1.807) is 11.3 Å². The molecule has 4 aromatic rings. The smallest absolute Gasteiger partial charge is 0.177 e. The molecule has 0 unspecified atom stereocenters. The van der Waals surface area contributed by atoms with E-state index in [0.717, 1.165) is 4.88 Å². The second-order valence-corrected chi connectivity index (χ2v) is 7.74. The van der Waals surface area contributed by atoms with Crippen LogP contribution in [0.2, 0.25) is 0 Å². The Kier molecular flexibility index (Phi) is 4.17. The highest BCUT2D eigenvalue weighted by Crippen LogP contribution is 2.43. The molecule has 0 saturated heterocycles. The molecular weight excluding hydrogens is 340 g/mol. The van der Waals surface area contributed by atoms with Gasteiger partial charge < -0.3 is 0 Å². The van der Waals surface area contributed by atoms with E-state index in [1.165, 1.54) is 43.8 Å². The molecule has 26 heavy (non-hydrogen) atoms. The van der Waals surface area contributed by atoms with Crippen LogP contribution in [0, 0.1) is 27.7 Å². The third-order valence-electron chi connectivity index (χ3n) is 4.88. The highest BCUT2D eigenvalue weighted by molar-refractivity contribution is 7.19. The van der Waals surface area contributed by atoms with Crippen LogP contribution in [-0.4, -0.2) is 20.6 Å². The summed E-state index contributed by atoms with van der Waals surface area (Å²) in [6.07, 6.45) is 0. The van der Waals surface area contributed by atoms with Crippen LogP contribution in [0.1, 0.15) is 22.3 Å². The van der Waals surface area contributed by atoms with Gasteiger partial charge in [-0.05, 0) is 72.4 Å². The van der Waals surface area contributed by atoms with Crippen LogP contribution in [0.4, 0.5) is 0 Å². The Morgan fingerprint density at radius 3 is 2.04 bits per heavy atom. The Labute approximate surface area is 156 Å². The van der Waals surface area contributed by atoms with Gasteiger partial charge in [-0.25, -0.2) is 0 Å². The molecule has 0 aliphatic heterocycles. The van der Waals surface area contributed by atoms with Gasteiger partial charge >= 0.3 is 0 Å². The first-order valence-corrected chi connectivity index (χ1v) is 9.37. The molecule has 0 aliphatic carbocycles. The van der Waals surface area contributed by atoms with Crippen LogP contribution in [0.25, 0.3) is 32.3 Å². The van der Waals surface area contributed by atoms with Gasteiger partial charge in [0.15, 0.2) is 0 Å². The van der Waals surface area contributed by atoms with E-state index in [2.05, 4.69) is 90.8 Å². The van der Waals surface area contributed by atoms with Crippen LogP contribution in [0.3, 0.4) is 0 Å². The molecule has 5 heteroatoms. The molecule has 0 radical (unpaired) electrons. The lowest BCUT2D eigenvalue weighted by molar-refractivity contribution is 0.881. The van der Waals surface area contributed by atoms with Crippen LogP contribution in [0.15, 0.2) is 42.5 Å². The SMILES string of the molecule is Cc1ccc(-c2cc(-c3nn[nH]n3)sc2-c2ccc(C)c(C)c2)cc1C. The third-order valence-corrected chi connectivity index (χ3v) is 6.06. The quantitative estimate of drug-likeness (QED) is 0.525. The fourth-order valence-corrected chi connectivity index (χ4v) is 4.09. The molecule has 0 saturated carbocycles. The number of aryl methyl sites for hydroxylation is 4. The van der Waals surface area contributed by atoms with Crippen LogP contribution >= 0.6 is 11.3 Å². The Morgan fingerprint density at radius 1 is 0.769 bits per heavy atom. The predicted octanol–water partition coefficient (Wildman–Crippen LogP) is 5.50. The van der Waals surface area contributed by atoms with E-state index < -0.39 is 0 Å². The third kappa shape index (κ3) is 2.95. The van der Waals surface area contributed by atoms with Gasteiger partial charge in [0, 0.05) is 10.4 Å². The predicted molar refractivity (Wildman–Crippen MR) is 107 cm³/mol. The van der Waals surface area contributed by atoms with E-state index in [-0.39, 0.29) is 0 Å². The summed E-state index contributed by atoms with van der Waals surface area (Å²) in [5.74, 6) is 0.634. The van der Waals surface area contributed by atoms with E-state index in [1.807, 2.05) is 0 Å². The second kappa shape index (κ2) is 6.50. The van der Waals surface area contributed by atoms with Gasteiger partial charge in [-0.2, -0.15) is 5.21 Å². The fourth-order valence-electron chi connectivity index (χ4n) is 2.99. The van der Waals surface area contributed by atoms with Gasteiger partial charge in [0.25, 0.3) is 0 Å². The van der Waals surface area contributed by atoms with Crippen molar-refractivity contribution >= 4 is 11.3 Å². The molecule has 0 bridgehead atoms. The van der Waals surface area contributed by atoms with Gasteiger partial charge in [0.05, 0.1) is 4.88 Å². The number of aromatic amines is 1. The molecule has 2 aromatic heterocycles.